The van der Waals surface area contributed by atoms with Crippen LogP contribution in [-0.2, 0) is 5.41 Å². The molecule has 2 saturated carbocycles. The first-order valence-corrected chi connectivity index (χ1v) is 9.92. The number of ether oxygens (including phenoxy) is 1. The Morgan fingerprint density at radius 2 is 2.00 bits per heavy atom. The van der Waals surface area contributed by atoms with E-state index in [4.69, 9.17) is 4.74 Å². The third kappa shape index (κ3) is 3.29. The highest BCUT2D eigenvalue weighted by molar-refractivity contribution is 5.81. The summed E-state index contributed by atoms with van der Waals surface area (Å²) in [5, 5.41) is 7.34. The van der Waals surface area contributed by atoms with E-state index in [0.29, 0.717) is 18.0 Å². The van der Waals surface area contributed by atoms with Crippen LogP contribution in [0, 0.1) is 5.92 Å². The van der Waals surface area contributed by atoms with Gasteiger partial charge in [-0.05, 0) is 31.2 Å². The van der Waals surface area contributed by atoms with Gasteiger partial charge in [-0.1, -0.05) is 32.0 Å². The first-order chi connectivity index (χ1) is 12.5. The largest absolute Gasteiger partial charge is 0.496 e. The first kappa shape index (κ1) is 17.7. The summed E-state index contributed by atoms with van der Waals surface area (Å²) in [6.45, 7) is 7.01. The van der Waals surface area contributed by atoms with Crippen molar-refractivity contribution >= 4 is 5.96 Å². The first-order valence-electron chi connectivity index (χ1n) is 9.92. The molecule has 3 fully saturated rings. The second kappa shape index (κ2) is 6.76. The lowest BCUT2D eigenvalue weighted by molar-refractivity contribution is 0.315. The fourth-order valence-electron chi connectivity index (χ4n) is 4.43. The molecule has 5 nitrogen and oxygen atoms in total. The Hall–Kier alpha value is -1.75. The lowest BCUT2D eigenvalue weighted by Gasteiger charge is -2.22. The molecule has 142 valence electrons. The Labute approximate surface area is 157 Å². The summed E-state index contributed by atoms with van der Waals surface area (Å²) >= 11 is 0. The van der Waals surface area contributed by atoms with Crippen LogP contribution in [0.5, 0.6) is 5.75 Å². The zero-order valence-corrected chi connectivity index (χ0v) is 16.5. The third-order valence-electron chi connectivity index (χ3n) is 6.52. The Kier molecular flexibility index (Phi) is 4.59. The summed E-state index contributed by atoms with van der Waals surface area (Å²) in [4.78, 5) is 7.14. The number of nitrogens with one attached hydrogen (secondary N) is 2. The topological polar surface area (TPSA) is 48.9 Å². The van der Waals surface area contributed by atoms with Gasteiger partial charge in [-0.3, -0.25) is 9.89 Å². The number of methoxy groups -OCH3 is 1. The predicted octanol–water partition coefficient (Wildman–Crippen LogP) is 2.37. The van der Waals surface area contributed by atoms with Crippen LogP contribution in [0.3, 0.4) is 0 Å². The van der Waals surface area contributed by atoms with Gasteiger partial charge in [0.25, 0.3) is 0 Å². The van der Waals surface area contributed by atoms with E-state index in [1.807, 2.05) is 13.1 Å². The molecular formula is C21H32N4O. The zero-order valence-electron chi connectivity index (χ0n) is 16.5. The number of aliphatic imine (C=N–C) groups is 1. The van der Waals surface area contributed by atoms with E-state index < -0.39 is 0 Å². The minimum atomic E-state index is 0.103. The van der Waals surface area contributed by atoms with E-state index in [0.717, 1.165) is 30.7 Å². The molecule has 1 saturated heterocycles. The second-order valence-electron chi connectivity index (χ2n) is 8.50. The molecule has 0 spiro atoms. The third-order valence-corrected chi connectivity index (χ3v) is 6.52. The van der Waals surface area contributed by atoms with E-state index in [1.54, 1.807) is 7.11 Å². The molecule has 2 aliphatic carbocycles. The van der Waals surface area contributed by atoms with Crippen LogP contribution in [0.1, 0.15) is 38.7 Å². The average molecular weight is 357 g/mol. The standard InChI is InChI=1S/C21H32N4O/c1-14-12-25(15-9-10-15)13-17(14)23-20(22-3)24-19-11-21(19,2)16-7-5-6-8-18(16)26-4/h5-8,14-15,17,19H,9-13H2,1-4H3,(H2,22,23,24). The van der Waals surface area contributed by atoms with Gasteiger partial charge < -0.3 is 15.4 Å². The monoisotopic (exact) mass is 356 g/mol. The molecule has 4 unspecified atom stereocenters. The molecule has 1 heterocycles. The fraction of sp³-hybridized carbons (Fsp3) is 0.667. The van der Waals surface area contributed by atoms with E-state index in [1.165, 1.54) is 24.9 Å². The van der Waals surface area contributed by atoms with Gasteiger partial charge in [0, 0.05) is 49.2 Å². The average Bonchev–Trinajstić information content (AvgIpc) is 3.56. The molecule has 5 heteroatoms. The fourth-order valence-corrected chi connectivity index (χ4v) is 4.43. The molecule has 4 rings (SSSR count). The summed E-state index contributed by atoms with van der Waals surface area (Å²) in [6.07, 6.45) is 3.86. The number of guanidine groups is 1. The molecule has 1 aliphatic heterocycles. The molecule has 0 aromatic heterocycles. The van der Waals surface area contributed by atoms with Crippen molar-refractivity contribution in [3.8, 4) is 5.75 Å². The summed E-state index contributed by atoms with van der Waals surface area (Å²) < 4.78 is 5.57. The molecular weight excluding hydrogens is 324 g/mol. The smallest absolute Gasteiger partial charge is 0.191 e. The van der Waals surface area contributed by atoms with E-state index in [9.17, 15) is 0 Å². The Morgan fingerprint density at radius 1 is 1.23 bits per heavy atom. The van der Waals surface area contributed by atoms with Gasteiger partial charge in [0.05, 0.1) is 7.11 Å². The van der Waals surface area contributed by atoms with E-state index in [-0.39, 0.29) is 5.41 Å². The van der Waals surface area contributed by atoms with Crippen LogP contribution < -0.4 is 15.4 Å². The minimum Gasteiger partial charge on any atom is -0.496 e. The van der Waals surface area contributed by atoms with Crippen LogP contribution in [0.2, 0.25) is 0 Å². The lowest BCUT2D eigenvalue weighted by Crippen LogP contribution is -2.48. The minimum absolute atomic E-state index is 0.103. The highest BCUT2D eigenvalue weighted by atomic mass is 16.5. The summed E-state index contributed by atoms with van der Waals surface area (Å²) in [5.74, 6) is 2.57. The van der Waals surface area contributed by atoms with Crippen molar-refractivity contribution in [1.82, 2.24) is 15.5 Å². The molecule has 3 aliphatic rings. The number of hydrogen-bond acceptors (Lipinski definition) is 3. The molecule has 0 amide bonds. The number of para-hydroxylation sites is 1. The van der Waals surface area contributed by atoms with Crippen molar-refractivity contribution in [3.05, 3.63) is 29.8 Å². The highest BCUT2D eigenvalue weighted by Gasteiger charge is 2.53. The van der Waals surface area contributed by atoms with Gasteiger partial charge >= 0.3 is 0 Å². The molecule has 0 radical (unpaired) electrons. The Bertz CT molecular complexity index is 686. The summed E-state index contributed by atoms with van der Waals surface area (Å²) in [6, 6.07) is 10.1. The van der Waals surface area contributed by atoms with Crippen LogP contribution in [0.25, 0.3) is 0 Å². The van der Waals surface area contributed by atoms with Crippen molar-refractivity contribution in [2.75, 3.05) is 27.2 Å². The van der Waals surface area contributed by atoms with Crippen molar-refractivity contribution in [3.63, 3.8) is 0 Å². The quantitative estimate of drug-likeness (QED) is 0.628. The van der Waals surface area contributed by atoms with E-state index in [2.05, 4.69) is 52.6 Å². The second-order valence-corrected chi connectivity index (χ2v) is 8.50. The normalized spacial score (nSPS) is 34.6. The maximum Gasteiger partial charge on any atom is 0.191 e. The number of rotatable bonds is 5. The Balaban J connectivity index is 1.37. The highest BCUT2D eigenvalue weighted by Crippen LogP contribution is 2.50. The molecule has 4 atom stereocenters. The lowest BCUT2D eigenvalue weighted by atomic mass is 9.96. The van der Waals surface area contributed by atoms with Gasteiger partial charge in [0.15, 0.2) is 5.96 Å². The molecule has 1 aromatic carbocycles. The zero-order chi connectivity index (χ0) is 18.3. The van der Waals surface area contributed by atoms with Crippen molar-refractivity contribution < 1.29 is 4.74 Å². The van der Waals surface area contributed by atoms with Crippen LogP contribution in [0.4, 0.5) is 0 Å². The van der Waals surface area contributed by atoms with E-state index >= 15 is 0 Å². The van der Waals surface area contributed by atoms with Crippen molar-refractivity contribution in [1.29, 1.82) is 0 Å². The van der Waals surface area contributed by atoms with Crippen molar-refractivity contribution in [2.24, 2.45) is 10.9 Å². The van der Waals surface area contributed by atoms with Gasteiger partial charge in [-0.25, -0.2) is 0 Å². The number of hydrogen-bond donors (Lipinski definition) is 2. The van der Waals surface area contributed by atoms with Crippen LogP contribution >= 0.6 is 0 Å². The van der Waals surface area contributed by atoms with Crippen LogP contribution in [-0.4, -0.2) is 56.2 Å². The summed E-state index contributed by atoms with van der Waals surface area (Å²) in [5.41, 5.74) is 1.38. The van der Waals surface area contributed by atoms with Crippen LogP contribution in [0.15, 0.2) is 29.3 Å². The SMILES string of the molecule is CN=C(NC1CN(C2CC2)CC1C)NC1CC1(C)c1ccccc1OC. The molecule has 26 heavy (non-hydrogen) atoms. The van der Waals surface area contributed by atoms with Gasteiger partial charge in [-0.15, -0.1) is 0 Å². The Morgan fingerprint density at radius 3 is 2.69 bits per heavy atom. The van der Waals surface area contributed by atoms with Gasteiger partial charge in [-0.2, -0.15) is 0 Å². The molecule has 0 bridgehead atoms. The van der Waals surface area contributed by atoms with Crippen molar-refractivity contribution in [2.45, 2.75) is 56.7 Å². The number of benzene rings is 1. The van der Waals surface area contributed by atoms with Gasteiger partial charge in [0.2, 0.25) is 0 Å². The molecule has 1 aromatic rings. The maximum absolute atomic E-state index is 5.57. The number of nitrogens with zero attached hydrogens (tertiary/aromatic N) is 2. The predicted molar refractivity (Wildman–Crippen MR) is 106 cm³/mol. The maximum atomic E-state index is 5.57. The molecule has 2 N–H and O–H groups in total. The summed E-state index contributed by atoms with van der Waals surface area (Å²) in [7, 11) is 3.62. The number of likely N-dealkylation sites (tertiary alicyclic amines) is 1. The van der Waals surface area contributed by atoms with Gasteiger partial charge in [0.1, 0.15) is 5.75 Å².